The van der Waals surface area contributed by atoms with Gasteiger partial charge in [-0.2, -0.15) is 0 Å². The third-order valence-electron chi connectivity index (χ3n) is 6.18. The van der Waals surface area contributed by atoms with Gasteiger partial charge in [-0.25, -0.2) is 0 Å². The molecule has 3 aliphatic carbocycles. The van der Waals surface area contributed by atoms with Crippen molar-refractivity contribution in [3.05, 3.63) is 12.2 Å². The Bertz CT molecular complexity index is 539. The molecule has 0 radical (unpaired) electrons. The van der Waals surface area contributed by atoms with E-state index in [2.05, 4.69) is 55.9 Å². The molecule has 120 valence electrons. The van der Waals surface area contributed by atoms with Gasteiger partial charge in [0.15, 0.2) is 0 Å². The standard InChI is InChI=1S/C15H23IO3PS/c1-5-18-12(17)6-7-15-9-8-14(4,13(15,2)3)11(15)10-19-21(16)20/h6-7,11H,5,8-10H2,1-4H3/q-1/b7-6+/t11-,14-,15?/m1/s1. The van der Waals surface area contributed by atoms with Crippen molar-refractivity contribution in [3.63, 3.8) is 0 Å². The molecule has 6 heteroatoms. The van der Waals surface area contributed by atoms with Crippen LogP contribution >= 0.6 is 29.0 Å². The Morgan fingerprint density at radius 1 is 1.43 bits per heavy atom. The van der Waals surface area contributed by atoms with E-state index in [9.17, 15) is 4.79 Å². The van der Waals surface area contributed by atoms with E-state index >= 15 is 0 Å². The molecule has 21 heavy (non-hydrogen) atoms. The van der Waals surface area contributed by atoms with Gasteiger partial charge in [0.1, 0.15) is 0 Å². The van der Waals surface area contributed by atoms with Gasteiger partial charge in [0, 0.05) is 0 Å². The number of carbonyl (C=O) groups is 1. The summed E-state index contributed by atoms with van der Waals surface area (Å²) in [5, 5.41) is 0. The Hall–Kier alpha value is 0.680. The molecule has 3 fully saturated rings. The molecule has 0 spiro atoms. The number of hydrogen-bond donors (Lipinski definition) is 0. The zero-order valence-corrected chi connectivity index (χ0v) is 16.9. The van der Waals surface area contributed by atoms with E-state index in [0.29, 0.717) is 19.1 Å². The second-order valence-electron chi connectivity index (χ2n) is 6.71. The fourth-order valence-electron chi connectivity index (χ4n) is 4.61. The number of esters is 1. The van der Waals surface area contributed by atoms with Gasteiger partial charge in [0.25, 0.3) is 0 Å². The summed E-state index contributed by atoms with van der Waals surface area (Å²) in [4.78, 5) is 11.7. The second kappa shape index (κ2) is 6.29. The molecular formula is C15H23IO3PS-. The van der Waals surface area contributed by atoms with Crippen LogP contribution in [-0.2, 0) is 21.0 Å². The summed E-state index contributed by atoms with van der Waals surface area (Å²) in [7, 11) is 3.99. The van der Waals surface area contributed by atoms with Gasteiger partial charge in [0.2, 0.25) is 0 Å². The number of carbonyl (C=O) groups excluding carboxylic acids is 1. The number of hydrogen-bond acceptors (Lipinski definition) is 4. The molecule has 3 rings (SSSR count). The Kier molecular flexibility index (Phi) is 5.40. The number of ether oxygens (including phenoxy) is 1. The van der Waals surface area contributed by atoms with Gasteiger partial charge in [-0.1, -0.05) is 0 Å². The zero-order chi connectivity index (χ0) is 15.9. The summed E-state index contributed by atoms with van der Waals surface area (Å²) in [6.07, 6.45) is 6.01. The molecule has 0 aromatic heterocycles. The van der Waals surface area contributed by atoms with E-state index < -0.39 is 0 Å². The van der Waals surface area contributed by atoms with E-state index in [-0.39, 0.29) is 29.5 Å². The zero-order valence-electron chi connectivity index (χ0n) is 13.0. The van der Waals surface area contributed by atoms with E-state index in [1.165, 1.54) is 6.42 Å². The summed E-state index contributed by atoms with van der Waals surface area (Å²) in [6.45, 7) is 9.94. The van der Waals surface area contributed by atoms with Gasteiger partial charge < -0.3 is 0 Å². The summed E-state index contributed by atoms with van der Waals surface area (Å²) in [5.74, 6) is 0.202. The molecule has 0 amide bonds. The number of allylic oxidation sites excluding steroid dienone is 1. The second-order valence-corrected chi connectivity index (χ2v) is 12.8. The molecule has 0 aliphatic heterocycles. The minimum atomic E-state index is -0.334. The Morgan fingerprint density at radius 3 is 2.62 bits per heavy atom. The van der Waals surface area contributed by atoms with E-state index in [4.69, 9.17) is 8.92 Å². The van der Waals surface area contributed by atoms with Gasteiger partial charge in [0.05, 0.1) is 0 Å². The first-order valence-electron chi connectivity index (χ1n) is 7.30. The predicted octanol–water partition coefficient (Wildman–Crippen LogP) is 4.77. The van der Waals surface area contributed by atoms with Crippen LogP contribution < -0.4 is 0 Å². The van der Waals surface area contributed by atoms with Crippen molar-refractivity contribution in [2.45, 2.75) is 40.5 Å². The fourth-order valence-corrected chi connectivity index (χ4v) is 5.48. The number of halogens is 1. The molecular weight excluding hydrogens is 418 g/mol. The van der Waals surface area contributed by atoms with Crippen molar-refractivity contribution in [3.8, 4) is 0 Å². The summed E-state index contributed by atoms with van der Waals surface area (Å²) >= 11 is 2.19. The maximum atomic E-state index is 11.7. The summed E-state index contributed by atoms with van der Waals surface area (Å²) in [5.41, 5.74) is 0.492. The Labute approximate surface area is 143 Å². The Morgan fingerprint density at radius 2 is 2.10 bits per heavy atom. The molecule has 0 aromatic rings. The van der Waals surface area contributed by atoms with Crippen LogP contribution in [0, 0.1) is 22.2 Å². The van der Waals surface area contributed by atoms with Crippen LogP contribution in [0.15, 0.2) is 12.2 Å². The van der Waals surface area contributed by atoms with Gasteiger partial charge >= 0.3 is 144 Å². The van der Waals surface area contributed by atoms with Crippen LogP contribution in [0.1, 0.15) is 40.5 Å². The predicted molar refractivity (Wildman–Crippen MR) is 97.1 cm³/mol. The van der Waals surface area contributed by atoms with Crippen LogP contribution in [-0.4, -0.2) is 19.2 Å². The van der Waals surface area contributed by atoms with Crippen molar-refractivity contribution in [2.24, 2.45) is 22.2 Å². The average Bonchev–Trinajstić information content (AvgIpc) is 2.80. The molecule has 3 atom stereocenters. The van der Waals surface area contributed by atoms with E-state index in [1.54, 1.807) is 6.08 Å². The maximum absolute atomic E-state index is 11.7. The number of rotatable bonds is 5. The van der Waals surface area contributed by atoms with Crippen LogP contribution in [0.3, 0.4) is 0 Å². The molecule has 3 nitrogen and oxygen atoms in total. The molecule has 3 saturated carbocycles. The number of fused-ring (bicyclic) bond motifs is 1. The molecule has 0 saturated heterocycles. The summed E-state index contributed by atoms with van der Waals surface area (Å²) < 4.78 is 10.8. The monoisotopic (exact) mass is 441 g/mol. The van der Waals surface area contributed by atoms with Crippen LogP contribution in [0.2, 0.25) is 0 Å². The molecule has 1 unspecified atom stereocenters. The van der Waals surface area contributed by atoms with Crippen molar-refractivity contribution >= 4 is 42.3 Å². The van der Waals surface area contributed by atoms with Gasteiger partial charge in [-0.05, 0) is 0 Å². The third kappa shape index (κ3) is 2.70. The van der Waals surface area contributed by atoms with E-state index in [0.717, 1.165) is 6.42 Å². The van der Waals surface area contributed by atoms with Crippen molar-refractivity contribution in [1.29, 1.82) is 0 Å². The normalized spacial score (nSPS) is 36.9. The average molecular weight is 441 g/mol. The summed E-state index contributed by atoms with van der Waals surface area (Å²) in [6, 6.07) is 0. The van der Waals surface area contributed by atoms with Gasteiger partial charge in [-0.15, -0.1) is 0 Å². The SMILES string of the molecule is CCOC(=O)/C=C/C12CC[C@](C)([C@H]1CO[S-](#P)I)C2(C)C. The minimum absolute atomic E-state index is 0.0400. The van der Waals surface area contributed by atoms with Crippen molar-refractivity contribution in [2.75, 3.05) is 13.2 Å². The van der Waals surface area contributed by atoms with E-state index in [1.807, 2.05) is 6.92 Å². The van der Waals surface area contributed by atoms with Crippen LogP contribution in [0.4, 0.5) is 0 Å². The Balaban J connectivity index is 2.22. The fraction of sp³-hybridized carbons (Fsp3) is 0.800. The van der Waals surface area contributed by atoms with Crippen LogP contribution in [0.5, 0.6) is 0 Å². The van der Waals surface area contributed by atoms with Gasteiger partial charge in [-0.3, -0.25) is 0 Å². The molecule has 0 N–H and O–H groups in total. The van der Waals surface area contributed by atoms with Crippen molar-refractivity contribution in [1.82, 2.24) is 0 Å². The molecule has 0 aromatic carbocycles. The topological polar surface area (TPSA) is 35.5 Å². The first-order valence-corrected chi connectivity index (χ1v) is 12.0. The first kappa shape index (κ1) is 18.0. The molecule has 0 heterocycles. The van der Waals surface area contributed by atoms with Crippen molar-refractivity contribution < 1.29 is 13.7 Å². The first-order chi connectivity index (χ1) is 9.71. The van der Waals surface area contributed by atoms with Crippen LogP contribution in [0.25, 0.3) is 0 Å². The third-order valence-corrected chi connectivity index (χ3v) is 7.59. The molecule has 2 bridgehead atoms. The quantitative estimate of drug-likeness (QED) is 0.203. The molecule has 3 aliphatic rings.